The fourth-order valence-electron chi connectivity index (χ4n) is 2.41. The van der Waals surface area contributed by atoms with Crippen molar-refractivity contribution in [2.45, 2.75) is 39.4 Å². The molecule has 6 heteroatoms. The van der Waals surface area contributed by atoms with Crippen molar-refractivity contribution < 1.29 is 24.2 Å². The minimum absolute atomic E-state index is 0.0889. The molecule has 0 fully saturated rings. The molecular weight excluding hydrogens is 322 g/mol. The molecule has 0 bridgehead atoms. The van der Waals surface area contributed by atoms with E-state index in [0.717, 1.165) is 0 Å². The summed E-state index contributed by atoms with van der Waals surface area (Å²) in [5.74, 6) is -0.677. The molecule has 25 heavy (non-hydrogen) atoms. The Morgan fingerprint density at radius 2 is 1.92 bits per heavy atom. The van der Waals surface area contributed by atoms with Gasteiger partial charge in [0, 0.05) is 17.1 Å². The normalized spacial score (nSPS) is 12.7. The maximum atomic E-state index is 12.5. The van der Waals surface area contributed by atoms with Crippen LogP contribution in [0.4, 0.5) is 4.79 Å². The van der Waals surface area contributed by atoms with Gasteiger partial charge >= 0.3 is 12.1 Å². The molecule has 0 aliphatic heterocycles. The molecule has 0 radical (unpaired) electrons. The van der Waals surface area contributed by atoms with E-state index in [4.69, 9.17) is 9.47 Å². The van der Waals surface area contributed by atoms with Crippen LogP contribution in [0.3, 0.4) is 0 Å². The standard InChI is InChI=1S/C19H23NO5/c1-6-24-17(22)12(2)16(21)14-11-20(18(23)25-19(3,4)5)15-10-8-7-9-13(14)15/h7-11,16,21H,2,6H2,1,3-5H3. The van der Waals surface area contributed by atoms with Gasteiger partial charge < -0.3 is 14.6 Å². The number of carbonyl (C=O) groups excluding carboxylic acids is 2. The molecule has 1 N–H and O–H groups in total. The van der Waals surface area contributed by atoms with Crippen LogP contribution in [0, 0.1) is 0 Å². The van der Waals surface area contributed by atoms with Gasteiger partial charge in [-0.1, -0.05) is 24.8 Å². The third kappa shape index (κ3) is 4.09. The molecule has 0 amide bonds. The lowest BCUT2D eigenvalue weighted by atomic mass is 10.0. The number of aliphatic hydroxyl groups is 1. The van der Waals surface area contributed by atoms with Crippen molar-refractivity contribution in [1.82, 2.24) is 4.57 Å². The van der Waals surface area contributed by atoms with Crippen molar-refractivity contribution in [3.05, 3.63) is 48.2 Å². The molecule has 1 aromatic heterocycles. The number of hydrogen-bond acceptors (Lipinski definition) is 5. The topological polar surface area (TPSA) is 77.8 Å². The van der Waals surface area contributed by atoms with E-state index in [1.165, 1.54) is 10.8 Å². The number of ether oxygens (including phenoxy) is 2. The van der Waals surface area contributed by atoms with E-state index in [-0.39, 0.29) is 12.2 Å². The largest absolute Gasteiger partial charge is 0.463 e. The summed E-state index contributed by atoms with van der Waals surface area (Å²) in [6, 6.07) is 7.06. The monoisotopic (exact) mass is 345 g/mol. The summed E-state index contributed by atoms with van der Waals surface area (Å²) in [5.41, 5.74) is 0.214. The molecule has 0 aliphatic carbocycles. The number of esters is 1. The first-order chi connectivity index (χ1) is 11.7. The summed E-state index contributed by atoms with van der Waals surface area (Å²) < 4.78 is 11.6. The van der Waals surface area contributed by atoms with Gasteiger partial charge in [-0.15, -0.1) is 0 Å². The number of carbonyl (C=O) groups is 2. The van der Waals surface area contributed by atoms with Crippen LogP contribution in [-0.4, -0.2) is 33.9 Å². The Morgan fingerprint density at radius 1 is 1.28 bits per heavy atom. The third-order valence-corrected chi connectivity index (χ3v) is 3.50. The van der Waals surface area contributed by atoms with Crippen LogP contribution in [0.25, 0.3) is 10.9 Å². The smallest absolute Gasteiger partial charge is 0.419 e. The number of aromatic nitrogens is 1. The highest BCUT2D eigenvalue weighted by atomic mass is 16.6. The predicted octanol–water partition coefficient (Wildman–Crippen LogP) is 3.58. The second kappa shape index (κ2) is 7.11. The van der Waals surface area contributed by atoms with Gasteiger partial charge in [0.2, 0.25) is 0 Å². The maximum absolute atomic E-state index is 12.5. The van der Waals surface area contributed by atoms with Crippen LogP contribution >= 0.6 is 0 Å². The van der Waals surface area contributed by atoms with Gasteiger partial charge in [0.05, 0.1) is 17.7 Å². The molecule has 0 saturated carbocycles. The summed E-state index contributed by atoms with van der Waals surface area (Å²) in [6.07, 6.45) is -0.384. The van der Waals surface area contributed by atoms with Gasteiger partial charge in [-0.05, 0) is 33.8 Å². The van der Waals surface area contributed by atoms with Crippen LogP contribution in [0.1, 0.15) is 39.4 Å². The van der Waals surface area contributed by atoms with Gasteiger partial charge in [0.15, 0.2) is 0 Å². The van der Waals surface area contributed by atoms with E-state index in [1.54, 1.807) is 52.0 Å². The second-order valence-electron chi connectivity index (χ2n) is 6.60. The summed E-state index contributed by atoms with van der Waals surface area (Å²) in [4.78, 5) is 24.3. The number of para-hydroxylation sites is 1. The van der Waals surface area contributed by atoms with Crippen molar-refractivity contribution >= 4 is 23.0 Å². The van der Waals surface area contributed by atoms with Gasteiger partial charge in [-0.2, -0.15) is 0 Å². The first-order valence-corrected chi connectivity index (χ1v) is 8.03. The van der Waals surface area contributed by atoms with Crippen molar-refractivity contribution in [3.8, 4) is 0 Å². The average Bonchev–Trinajstić information content (AvgIpc) is 2.92. The van der Waals surface area contributed by atoms with E-state index in [1.807, 2.05) is 0 Å². The highest BCUT2D eigenvalue weighted by Crippen LogP contribution is 2.31. The lowest BCUT2D eigenvalue weighted by Gasteiger charge is -2.19. The SMILES string of the molecule is C=C(C(=O)OCC)C(O)c1cn(C(=O)OC(C)(C)C)c2ccccc12. The van der Waals surface area contributed by atoms with Crippen molar-refractivity contribution in [2.24, 2.45) is 0 Å². The number of fused-ring (bicyclic) bond motifs is 1. The zero-order valence-corrected chi connectivity index (χ0v) is 14.9. The molecule has 0 saturated heterocycles. The van der Waals surface area contributed by atoms with E-state index >= 15 is 0 Å². The second-order valence-corrected chi connectivity index (χ2v) is 6.60. The highest BCUT2D eigenvalue weighted by Gasteiger charge is 2.26. The molecule has 1 heterocycles. The third-order valence-electron chi connectivity index (χ3n) is 3.50. The van der Waals surface area contributed by atoms with Gasteiger partial charge in [0.1, 0.15) is 11.7 Å². The molecule has 1 aromatic carbocycles. The van der Waals surface area contributed by atoms with Gasteiger partial charge in [-0.25, -0.2) is 9.59 Å². The molecule has 6 nitrogen and oxygen atoms in total. The van der Waals surface area contributed by atoms with E-state index in [2.05, 4.69) is 6.58 Å². The Bertz CT molecular complexity index is 813. The zero-order chi connectivity index (χ0) is 18.8. The number of benzene rings is 1. The average molecular weight is 345 g/mol. The van der Waals surface area contributed by atoms with Crippen LogP contribution in [0.5, 0.6) is 0 Å². The van der Waals surface area contributed by atoms with Crippen LogP contribution < -0.4 is 0 Å². The van der Waals surface area contributed by atoms with Gasteiger partial charge in [-0.3, -0.25) is 4.57 Å². The highest BCUT2D eigenvalue weighted by molar-refractivity contribution is 5.95. The number of rotatable bonds is 4. The molecule has 1 atom stereocenters. The summed E-state index contributed by atoms with van der Waals surface area (Å²) >= 11 is 0. The molecular formula is C19H23NO5. The quantitative estimate of drug-likeness (QED) is 0.677. The van der Waals surface area contributed by atoms with Crippen LogP contribution in [0.2, 0.25) is 0 Å². The number of aliphatic hydroxyl groups excluding tert-OH is 1. The molecule has 0 aliphatic rings. The van der Waals surface area contributed by atoms with E-state index in [9.17, 15) is 14.7 Å². The Kier molecular flexibility index (Phi) is 5.33. The Hall–Kier alpha value is -2.60. The first kappa shape index (κ1) is 18.7. The fraction of sp³-hybridized carbons (Fsp3) is 0.368. The lowest BCUT2D eigenvalue weighted by molar-refractivity contribution is -0.139. The number of hydrogen-bond donors (Lipinski definition) is 1. The van der Waals surface area contributed by atoms with E-state index < -0.39 is 23.8 Å². The molecule has 2 rings (SSSR count). The Labute approximate surface area is 146 Å². The van der Waals surface area contributed by atoms with Crippen molar-refractivity contribution in [3.63, 3.8) is 0 Å². The maximum Gasteiger partial charge on any atom is 0.419 e. The summed E-state index contributed by atoms with van der Waals surface area (Å²) in [5, 5.41) is 11.2. The fourth-order valence-corrected chi connectivity index (χ4v) is 2.41. The lowest BCUT2D eigenvalue weighted by Crippen LogP contribution is -2.26. The minimum atomic E-state index is -1.28. The van der Waals surface area contributed by atoms with E-state index in [0.29, 0.717) is 16.5 Å². The summed E-state index contributed by atoms with van der Waals surface area (Å²) in [7, 11) is 0. The Balaban J connectivity index is 2.47. The minimum Gasteiger partial charge on any atom is -0.463 e. The molecule has 0 spiro atoms. The Morgan fingerprint density at radius 3 is 2.52 bits per heavy atom. The number of nitrogens with zero attached hydrogens (tertiary/aromatic N) is 1. The first-order valence-electron chi connectivity index (χ1n) is 8.03. The molecule has 2 aromatic rings. The predicted molar refractivity (Wildman–Crippen MR) is 94.3 cm³/mol. The zero-order valence-electron chi connectivity index (χ0n) is 14.9. The van der Waals surface area contributed by atoms with Gasteiger partial charge in [0.25, 0.3) is 0 Å². The molecule has 1 unspecified atom stereocenters. The van der Waals surface area contributed by atoms with Crippen LogP contribution in [-0.2, 0) is 14.3 Å². The van der Waals surface area contributed by atoms with Crippen molar-refractivity contribution in [1.29, 1.82) is 0 Å². The summed E-state index contributed by atoms with van der Waals surface area (Å²) in [6.45, 7) is 10.8. The molecule has 134 valence electrons. The van der Waals surface area contributed by atoms with Crippen LogP contribution in [0.15, 0.2) is 42.6 Å². The van der Waals surface area contributed by atoms with Crippen molar-refractivity contribution in [2.75, 3.05) is 6.61 Å².